The van der Waals surface area contributed by atoms with Crippen molar-refractivity contribution >= 4 is 11.9 Å². The molecule has 8 fully saturated rings. The van der Waals surface area contributed by atoms with Crippen LogP contribution in [0.25, 0.3) is 0 Å². The number of carbonyl (C=O) groups is 2. The van der Waals surface area contributed by atoms with Crippen LogP contribution in [0.4, 0.5) is 4.79 Å². The third-order valence-corrected chi connectivity index (χ3v) is 17.6. The van der Waals surface area contributed by atoms with E-state index in [1.807, 2.05) is 11.8 Å². The van der Waals surface area contributed by atoms with Crippen molar-refractivity contribution in [2.75, 3.05) is 19.7 Å². The smallest absolute Gasteiger partial charge is 0.409 e. The zero-order valence-electron chi connectivity index (χ0n) is 30.7. The van der Waals surface area contributed by atoms with E-state index in [1.165, 1.54) is 44.9 Å². The number of carbonyl (C=O) groups excluding carboxylic acids is 2. The van der Waals surface area contributed by atoms with Gasteiger partial charge in [0.05, 0.1) is 24.9 Å². The molecule has 6 heteroatoms. The fourth-order valence-electron chi connectivity index (χ4n) is 15.8. The van der Waals surface area contributed by atoms with Gasteiger partial charge in [-0.05, 0) is 144 Å². The number of amides is 1. The summed E-state index contributed by atoms with van der Waals surface area (Å²) in [5, 5.41) is 24.2. The summed E-state index contributed by atoms with van der Waals surface area (Å²) in [4.78, 5) is 30.7. The molecule has 0 aromatic heterocycles. The molecule has 6 nitrogen and oxygen atoms in total. The lowest BCUT2D eigenvalue weighted by atomic mass is 9.32. The van der Waals surface area contributed by atoms with E-state index in [0.29, 0.717) is 44.2 Å². The van der Waals surface area contributed by atoms with Crippen molar-refractivity contribution in [2.24, 2.45) is 62.6 Å². The number of hydrogen-bond donors (Lipinski definition) is 2. The van der Waals surface area contributed by atoms with Crippen molar-refractivity contribution in [1.29, 1.82) is 0 Å². The Bertz CT molecular complexity index is 1410. The number of fused-ring (bicyclic) bond motifs is 1. The third-order valence-electron chi connectivity index (χ3n) is 17.6. The van der Waals surface area contributed by atoms with Gasteiger partial charge in [0.25, 0.3) is 0 Å². The Kier molecular flexibility index (Phi) is 7.57. The Labute approximate surface area is 294 Å². The van der Waals surface area contributed by atoms with Gasteiger partial charge in [0.15, 0.2) is 5.78 Å². The monoisotopic (exact) mass is 673 g/mol. The molecule has 0 saturated heterocycles. The maximum atomic E-state index is 14.9. The van der Waals surface area contributed by atoms with Gasteiger partial charge in [-0.1, -0.05) is 51.3 Å². The maximum absolute atomic E-state index is 14.9. The molecule has 0 radical (unpaired) electrons. The highest BCUT2D eigenvalue weighted by Crippen LogP contribution is 2.78. The van der Waals surface area contributed by atoms with Gasteiger partial charge in [-0.2, -0.15) is 0 Å². The largest absolute Gasteiger partial charge is 0.450 e. The van der Waals surface area contributed by atoms with Crippen LogP contribution in [0, 0.1) is 62.6 Å². The van der Waals surface area contributed by atoms with E-state index < -0.39 is 16.4 Å². The zero-order chi connectivity index (χ0) is 34.0. The first-order chi connectivity index (χ1) is 23.4. The van der Waals surface area contributed by atoms with Crippen molar-refractivity contribution < 1.29 is 24.5 Å². The van der Waals surface area contributed by atoms with E-state index in [0.717, 1.165) is 81.1 Å². The SMILES string of the molecule is CCOC(=O)N(CC12CC3CC(CC(C3)C1)C2)CC1(O)CCC2C34C=CC5(C=C3C(=O)C3CCCCC3)CC(O)CCC5(C)C4CCC21C. The molecular weight excluding hydrogens is 610 g/mol. The summed E-state index contributed by atoms with van der Waals surface area (Å²) >= 11 is 0. The molecule has 11 aliphatic carbocycles. The lowest BCUT2D eigenvalue weighted by Gasteiger charge is -2.71. The molecule has 6 bridgehead atoms. The normalized spacial score (nSPS) is 50.8. The fraction of sp³-hybridized carbons (Fsp3) is 0.860. The average Bonchev–Trinajstić information content (AvgIpc) is 3.33. The second kappa shape index (κ2) is 11.2. The van der Waals surface area contributed by atoms with Crippen molar-refractivity contribution in [2.45, 2.75) is 148 Å². The minimum Gasteiger partial charge on any atom is -0.450 e. The number of aliphatic hydroxyl groups excluding tert-OH is 1. The zero-order valence-corrected chi connectivity index (χ0v) is 30.7. The van der Waals surface area contributed by atoms with Crippen LogP contribution >= 0.6 is 0 Å². The molecule has 0 aromatic carbocycles. The highest BCUT2D eigenvalue weighted by atomic mass is 16.6. The van der Waals surface area contributed by atoms with Crippen LogP contribution in [-0.4, -0.2) is 58.4 Å². The predicted molar refractivity (Wildman–Crippen MR) is 189 cm³/mol. The predicted octanol–water partition coefficient (Wildman–Crippen LogP) is 8.40. The molecule has 0 aliphatic heterocycles. The first-order valence-electron chi connectivity index (χ1n) is 20.7. The second-order valence-electron chi connectivity index (χ2n) is 20.0. The molecule has 11 aliphatic rings. The van der Waals surface area contributed by atoms with Crippen molar-refractivity contribution in [1.82, 2.24) is 4.90 Å². The van der Waals surface area contributed by atoms with Crippen LogP contribution in [0.3, 0.4) is 0 Å². The van der Waals surface area contributed by atoms with E-state index in [1.54, 1.807) is 0 Å². The highest BCUT2D eigenvalue weighted by Gasteiger charge is 2.75. The number of hydrogen-bond acceptors (Lipinski definition) is 5. The second-order valence-corrected chi connectivity index (χ2v) is 20.0. The number of rotatable bonds is 7. The van der Waals surface area contributed by atoms with Gasteiger partial charge in [0.1, 0.15) is 0 Å². The fourth-order valence-corrected chi connectivity index (χ4v) is 15.8. The van der Waals surface area contributed by atoms with Gasteiger partial charge in [-0.25, -0.2) is 4.79 Å². The van der Waals surface area contributed by atoms with Crippen LogP contribution in [-0.2, 0) is 9.53 Å². The molecule has 49 heavy (non-hydrogen) atoms. The number of Topliss-reactive ketones (excluding diaryl/α,β-unsaturated/α-hetero) is 1. The Hall–Kier alpha value is -1.66. The number of ketones is 1. The van der Waals surface area contributed by atoms with E-state index in [4.69, 9.17) is 4.74 Å². The molecule has 8 unspecified atom stereocenters. The number of nitrogens with zero attached hydrogens (tertiary/aromatic N) is 1. The number of allylic oxidation sites excluding steroid dienone is 4. The standard InChI is InChI=1S/C43H63NO5/c1-4-49-37(47)44(26-40-21-28-18-29(22-40)20-30(19-28)23-40)27-42(48)15-12-35-39(42,3)14-11-34-38(2)13-10-32(45)24-41(38)16-17-43(34,35)33(25-41)36(46)31-8-6-5-7-9-31/h16-17,25,28-32,34-35,45,48H,4-15,18-24,26-27H2,1-3H3. The molecule has 8 saturated carbocycles. The van der Waals surface area contributed by atoms with Gasteiger partial charge in [-0.15, -0.1) is 0 Å². The Morgan fingerprint density at radius 3 is 2.12 bits per heavy atom. The van der Waals surface area contributed by atoms with Crippen LogP contribution in [0.1, 0.15) is 136 Å². The van der Waals surface area contributed by atoms with Crippen LogP contribution in [0.15, 0.2) is 23.8 Å². The number of ether oxygens (including phenoxy) is 1. The van der Waals surface area contributed by atoms with E-state index >= 15 is 0 Å². The molecular formula is C43H63NO5. The summed E-state index contributed by atoms with van der Waals surface area (Å²) in [6, 6.07) is 0. The van der Waals surface area contributed by atoms with E-state index in [9.17, 15) is 19.8 Å². The van der Waals surface area contributed by atoms with Crippen molar-refractivity contribution in [3.63, 3.8) is 0 Å². The lowest BCUT2D eigenvalue weighted by Crippen LogP contribution is -2.68. The Morgan fingerprint density at radius 2 is 1.45 bits per heavy atom. The number of aliphatic hydroxyl groups is 2. The first kappa shape index (κ1) is 33.2. The van der Waals surface area contributed by atoms with Crippen molar-refractivity contribution in [3.05, 3.63) is 23.8 Å². The summed E-state index contributed by atoms with van der Waals surface area (Å²) in [6.07, 6.45) is 25.8. The molecule has 1 amide bonds. The van der Waals surface area contributed by atoms with Crippen LogP contribution in [0.2, 0.25) is 0 Å². The summed E-state index contributed by atoms with van der Waals surface area (Å²) in [7, 11) is 0. The molecule has 2 N–H and O–H groups in total. The molecule has 0 aromatic rings. The summed E-state index contributed by atoms with van der Waals surface area (Å²) in [5.41, 5.74) is -0.988. The molecule has 2 spiro atoms. The van der Waals surface area contributed by atoms with Gasteiger partial charge >= 0.3 is 6.09 Å². The summed E-state index contributed by atoms with van der Waals surface area (Å²) in [6.45, 7) is 8.07. The maximum Gasteiger partial charge on any atom is 0.409 e. The van der Waals surface area contributed by atoms with Crippen LogP contribution in [0.5, 0.6) is 0 Å². The van der Waals surface area contributed by atoms with Gasteiger partial charge < -0.3 is 19.8 Å². The quantitative estimate of drug-likeness (QED) is 0.265. The average molecular weight is 674 g/mol. The Balaban J connectivity index is 1.08. The minimum atomic E-state index is -1.05. The van der Waals surface area contributed by atoms with Gasteiger partial charge in [0.2, 0.25) is 0 Å². The summed E-state index contributed by atoms with van der Waals surface area (Å²) in [5.74, 6) is 3.30. The molecule has 0 heterocycles. The van der Waals surface area contributed by atoms with Crippen molar-refractivity contribution in [3.8, 4) is 0 Å². The van der Waals surface area contributed by atoms with Crippen LogP contribution < -0.4 is 0 Å². The van der Waals surface area contributed by atoms with Gasteiger partial charge in [0, 0.05) is 34.3 Å². The highest BCUT2D eigenvalue weighted by molar-refractivity contribution is 6.00. The first-order valence-corrected chi connectivity index (χ1v) is 20.7. The molecule has 11 rings (SSSR count). The molecule has 270 valence electrons. The Morgan fingerprint density at radius 1 is 0.816 bits per heavy atom. The minimum absolute atomic E-state index is 0.0190. The lowest BCUT2D eigenvalue weighted by molar-refractivity contribution is -0.180. The van der Waals surface area contributed by atoms with E-state index in [-0.39, 0.29) is 40.3 Å². The molecule has 8 atom stereocenters. The van der Waals surface area contributed by atoms with Gasteiger partial charge in [-0.3, -0.25) is 4.79 Å². The summed E-state index contributed by atoms with van der Waals surface area (Å²) < 4.78 is 5.76. The van der Waals surface area contributed by atoms with E-state index in [2.05, 4.69) is 32.1 Å². The topological polar surface area (TPSA) is 87.1 Å². The third kappa shape index (κ3) is 4.56.